The van der Waals surface area contributed by atoms with Crippen LogP contribution in [0.5, 0.6) is 0 Å². The largest absolute Gasteiger partial charge is 0.309 e. The molecule has 0 radical (unpaired) electrons. The van der Waals surface area contributed by atoms with Gasteiger partial charge in [0, 0.05) is 20.4 Å². The second-order valence-corrected chi connectivity index (χ2v) is 8.95. The van der Waals surface area contributed by atoms with Crippen LogP contribution in [-0.4, -0.2) is 0 Å². The molecule has 0 bridgehead atoms. The summed E-state index contributed by atoms with van der Waals surface area (Å²) in [6.45, 7) is 2.02. The lowest BCUT2D eigenvalue weighted by molar-refractivity contribution is 0.592. The molecule has 0 heterocycles. The summed E-state index contributed by atoms with van der Waals surface area (Å²) in [7, 11) is -2.86. The van der Waals surface area contributed by atoms with Gasteiger partial charge in [-0.05, 0) is 30.7 Å². The molecule has 0 aliphatic heterocycles. The Balaban J connectivity index is 2.31. The highest BCUT2D eigenvalue weighted by atomic mass is 79.9. The van der Waals surface area contributed by atoms with Crippen LogP contribution in [0.4, 0.5) is 0 Å². The molecule has 0 saturated carbocycles. The molecule has 3 aromatic carbocycles. The fourth-order valence-corrected chi connectivity index (χ4v) is 6.19. The predicted molar refractivity (Wildman–Crippen MR) is 98.3 cm³/mol. The molecule has 0 fully saturated rings. The van der Waals surface area contributed by atoms with Crippen molar-refractivity contribution in [2.75, 3.05) is 0 Å². The van der Waals surface area contributed by atoms with E-state index in [4.69, 9.17) is 0 Å². The van der Waals surface area contributed by atoms with E-state index in [1.807, 2.05) is 85.8 Å². The van der Waals surface area contributed by atoms with E-state index in [0.717, 1.165) is 25.9 Å². The molecular formula is C19H16BrOP. The van der Waals surface area contributed by atoms with Crippen molar-refractivity contribution in [3.8, 4) is 0 Å². The first-order chi connectivity index (χ1) is 10.6. The van der Waals surface area contributed by atoms with Crippen LogP contribution in [0.1, 0.15) is 5.56 Å². The molecule has 22 heavy (non-hydrogen) atoms. The predicted octanol–water partition coefficient (Wildman–Crippen LogP) is 4.40. The Labute approximate surface area is 139 Å². The molecule has 0 aromatic heterocycles. The van der Waals surface area contributed by atoms with E-state index in [1.54, 1.807) is 0 Å². The maximum absolute atomic E-state index is 14.1. The molecular weight excluding hydrogens is 355 g/mol. The van der Waals surface area contributed by atoms with Crippen LogP contribution in [-0.2, 0) is 4.57 Å². The SMILES string of the molecule is Cc1cc(Br)cc(P(=O)(c2ccccc2)c2ccccc2)c1. The van der Waals surface area contributed by atoms with Gasteiger partial charge in [0.1, 0.15) is 0 Å². The first-order valence-electron chi connectivity index (χ1n) is 7.10. The number of aryl methyl sites for hydroxylation is 1. The van der Waals surface area contributed by atoms with E-state index in [9.17, 15) is 4.57 Å². The lowest BCUT2D eigenvalue weighted by atomic mass is 10.2. The minimum Gasteiger partial charge on any atom is -0.309 e. The molecule has 0 aliphatic rings. The fourth-order valence-electron chi connectivity index (χ4n) is 2.62. The second-order valence-electron chi connectivity index (χ2n) is 5.27. The van der Waals surface area contributed by atoms with Gasteiger partial charge in [-0.25, -0.2) is 0 Å². The van der Waals surface area contributed by atoms with Gasteiger partial charge in [-0.3, -0.25) is 0 Å². The molecule has 0 saturated heterocycles. The zero-order valence-electron chi connectivity index (χ0n) is 12.2. The maximum Gasteiger partial charge on any atom is 0.171 e. The Morgan fingerprint density at radius 1 is 0.727 bits per heavy atom. The fraction of sp³-hybridized carbons (Fsp3) is 0.0526. The average molecular weight is 371 g/mol. The van der Waals surface area contributed by atoms with Crippen LogP contribution < -0.4 is 15.9 Å². The number of benzene rings is 3. The minimum absolute atomic E-state index is 0.858. The molecule has 1 nitrogen and oxygen atoms in total. The Kier molecular flexibility index (Phi) is 4.33. The smallest absolute Gasteiger partial charge is 0.171 e. The summed E-state index contributed by atoms with van der Waals surface area (Å²) in [5.41, 5.74) is 1.09. The topological polar surface area (TPSA) is 17.1 Å². The highest BCUT2D eigenvalue weighted by Crippen LogP contribution is 2.42. The Hall–Kier alpha value is -1.63. The van der Waals surface area contributed by atoms with Crippen LogP contribution in [0.15, 0.2) is 83.3 Å². The average Bonchev–Trinajstić information content (AvgIpc) is 2.55. The molecule has 3 rings (SSSR count). The van der Waals surface area contributed by atoms with E-state index >= 15 is 0 Å². The summed E-state index contributed by atoms with van der Waals surface area (Å²) in [6.07, 6.45) is 0. The van der Waals surface area contributed by atoms with Crippen molar-refractivity contribution in [3.05, 3.63) is 88.9 Å². The van der Waals surface area contributed by atoms with E-state index in [-0.39, 0.29) is 0 Å². The number of hydrogen-bond donors (Lipinski definition) is 0. The normalized spacial score (nSPS) is 11.4. The highest BCUT2D eigenvalue weighted by molar-refractivity contribution is 9.10. The molecule has 0 unspecified atom stereocenters. The third-order valence-electron chi connectivity index (χ3n) is 3.63. The van der Waals surface area contributed by atoms with Crippen LogP contribution in [0, 0.1) is 6.92 Å². The first-order valence-corrected chi connectivity index (χ1v) is 9.60. The summed E-state index contributed by atoms with van der Waals surface area (Å²) >= 11 is 3.53. The zero-order valence-corrected chi connectivity index (χ0v) is 14.7. The van der Waals surface area contributed by atoms with Gasteiger partial charge in [-0.2, -0.15) is 0 Å². The van der Waals surface area contributed by atoms with Crippen molar-refractivity contribution in [1.29, 1.82) is 0 Å². The molecule has 0 aliphatic carbocycles. The lowest BCUT2D eigenvalue weighted by Gasteiger charge is -2.20. The molecule has 0 atom stereocenters. The lowest BCUT2D eigenvalue weighted by Crippen LogP contribution is -2.25. The molecule has 0 N–H and O–H groups in total. The number of hydrogen-bond acceptors (Lipinski definition) is 1. The van der Waals surface area contributed by atoms with Crippen LogP contribution in [0.25, 0.3) is 0 Å². The van der Waals surface area contributed by atoms with Crippen molar-refractivity contribution in [1.82, 2.24) is 0 Å². The third kappa shape index (κ3) is 2.82. The Morgan fingerprint density at radius 3 is 1.68 bits per heavy atom. The number of rotatable bonds is 3. The molecule has 0 spiro atoms. The van der Waals surface area contributed by atoms with Gasteiger partial charge < -0.3 is 4.57 Å². The van der Waals surface area contributed by atoms with Gasteiger partial charge >= 0.3 is 0 Å². The Morgan fingerprint density at radius 2 is 1.23 bits per heavy atom. The molecule has 3 aromatic rings. The first kappa shape index (κ1) is 15.3. The minimum atomic E-state index is -2.86. The summed E-state index contributed by atoms with van der Waals surface area (Å²) in [5, 5.41) is 2.58. The monoisotopic (exact) mass is 370 g/mol. The van der Waals surface area contributed by atoms with E-state index in [0.29, 0.717) is 0 Å². The maximum atomic E-state index is 14.1. The quantitative estimate of drug-likeness (QED) is 0.624. The van der Waals surface area contributed by atoms with Gasteiger partial charge in [0.15, 0.2) is 7.14 Å². The summed E-state index contributed by atoms with van der Waals surface area (Å²) in [5.74, 6) is 0. The Bertz CT molecular complexity index is 765. The molecule has 110 valence electrons. The highest BCUT2D eigenvalue weighted by Gasteiger charge is 2.29. The van der Waals surface area contributed by atoms with Crippen molar-refractivity contribution in [3.63, 3.8) is 0 Å². The number of halogens is 1. The van der Waals surface area contributed by atoms with Gasteiger partial charge in [0.05, 0.1) is 0 Å². The summed E-state index contributed by atoms with van der Waals surface area (Å²) in [4.78, 5) is 0. The van der Waals surface area contributed by atoms with Gasteiger partial charge in [0.25, 0.3) is 0 Å². The van der Waals surface area contributed by atoms with Crippen molar-refractivity contribution >= 4 is 39.0 Å². The molecule has 3 heteroatoms. The standard InChI is InChI=1S/C19H16BrOP/c1-15-12-16(20)14-19(13-15)22(21,17-8-4-2-5-9-17)18-10-6-3-7-11-18/h2-14H,1H3. The van der Waals surface area contributed by atoms with E-state index in [2.05, 4.69) is 15.9 Å². The van der Waals surface area contributed by atoms with Crippen molar-refractivity contribution in [2.45, 2.75) is 6.92 Å². The molecule has 0 amide bonds. The van der Waals surface area contributed by atoms with Crippen LogP contribution in [0.2, 0.25) is 0 Å². The third-order valence-corrected chi connectivity index (χ3v) is 7.12. The van der Waals surface area contributed by atoms with Gasteiger partial charge in [-0.15, -0.1) is 0 Å². The van der Waals surface area contributed by atoms with Crippen LogP contribution >= 0.6 is 23.1 Å². The summed E-state index contributed by atoms with van der Waals surface area (Å²) in [6, 6.07) is 25.5. The van der Waals surface area contributed by atoms with Crippen molar-refractivity contribution < 1.29 is 4.57 Å². The van der Waals surface area contributed by atoms with Crippen molar-refractivity contribution in [2.24, 2.45) is 0 Å². The van der Waals surface area contributed by atoms with Gasteiger partial charge in [-0.1, -0.05) is 76.6 Å². The second kappa shape index (κ2) is 6.24. The van der Waals surface area contributed by atoms with E-state index < -0.39 is 7.14 Å². The van der Waals surface area contributed by atoms with E-state index in [1.165, 1.54) is 0 Å². The summed E-state index contributed by atoms with van der Waals surface area (Å²) < 4.78 is 15.1. The zero-order chi connectivity index (χ0) is 15.6. The van der Waals surface area contributed by atoms with Gasteiger partial charge in [0.2, 0.25) is 0 Å². The van der Waals surface area contributed by atoms with Crippen LogP contribution in [0.3, 0.4) is 0 Å².